The summed E-state index contributed by atoms with van der Waals surface area (Å²) in [7, 11) is 0. The summed E-state index contributed by atoms with van der Waals surface area (Å²) in [4.78, 5) is 10.5. The number of carbonyl (C=O) groups is 1. The molecule has 1 fully saturated rings. The smallest absolute Gasteiger partial charge is 0.303 e. The maximum absolute atomic E-state index is 10.5. The van der Waals surface area contributed by atoms with Gasteiger partial charge in [0.2, 0.25) is 0 Å². The molecule has 0 radical (unpaired) electrons. The van der Waals surface area contributed by atoms with Crippen molar-refractivity contribution < 1.29 is 20.1 Å². The van der Waals surface area contributed by atoms with Crippen molar-refractivity contribution in [1.82, 2.24) is 0 Å². The van der Waals surface area contributed by atoms with Crippen LogP contribution >= 0.6 is 11.6 Å². The fourth-order valence-corrected chi connectivity index (χ4v) is 3.60. The summed E-state index contributed by atoms with van der Waals surface area (Å²) < 4.78 is 0. The number of aliphatic hydroxyl groups excluding tert-OH is 2. The van der Waals surface area contributed by atoms with E-state index >= 15 is 0 Å². The van der Waals surface area contributed by atoms with Crippen LogP contribution in [0.1, 0.15) is 64.2 Å². The third kappa shape index (κ3) is 9.43. The molecule has 1 aliphatic carbocycles. The summed E-state index contributed by atoms with van der Waals surface area (Å²) in [5, 5.41) is 29.0. The van der Waals surface area contributed by atoms with E-state index in [1.807, 2.05) is 12.2 Å². The van der Waals surface area contributed by atoms with Crippen LogP contribution in [0.2, 0.25) is 0 Å². The van der Waals surface area contributed by atoms with Gasteiger partial charge in [-0.1, -0.05) is 37.1 Å². The fraction of sp³-hybridized carbons (Fsp3) is 0.750. The minimum Gasteiger partial charge on any atom is -0.481 e. The second-order valence-corrected chi connectivity index (χ2v) is 7.30. The Balaban J connectivity index is 2.34. The molecule has 1 saturated carbocycles. The van der Waals surface area contributed by atoms with E-state index in [0.29, 0.717) is 12.8 Å². The predicted octanol–water partition coefficient (Wildman–Crippen LogP) is 4.29. The van der Waals surface area contributed by atoms with Gasteiger partial charge in [-0.3, -0.25) is 4.79 Å². The minimum absolute atomic E-state index is 0.00140. The van der Waals surface area contributed by atoms with Crippen LogP contribution in [0.15, 0.2) is 24.3 Å². The average molecular weight is 373 g/mol. The van der Waals surface area contributed by atoms with Gasteiger partial charge in [0.25, 0.3) is 0 Å². The molecule has 0 bridgehead atoms. The standard InChI is InChI=1S/C20H33ClO4/c21-14-10-6-2-1-3-7-11-16-17(19(23)15-18(16)22)12-8-4-5-9-13-20(24)25/h4,7-8,11,16-19,22-23H,1-3,5-6,9-10,12-15H2,(H,24,25)/t16-,17-,18-,19+/m1/s1. The molecule has 0 unspecified atom stereocenters. The number of alkyl halides is 1. The van der Waals surface area contributed by atoms with Crippen molar-refractivity contribution in [2.24, 2.45) is 11.8 Å². The maximum atomic E-state index is 10.5. The van der Waals surface area contributed by atoms with Gasteiger partial charge >= 0.3 is 5.97 Å². The van der Waals surface area contributed by atoms with Gasteiger partial charge in [0.1, 0.15) is 0 Å². The first-order chi connectivity index (χ1) is 12.1. The molecule has 4 atom stereocenters. The largest absolute Gasteiger partial charge is 0.481 e. The van der Waals surface area contributed by atoms with Gasteiger partial charge in [-0.2, -0.15) is 0 Å². The van der Waals surface area contributed by atoms with Crippen LogP contribution in [0.4, 0.5) is 0 Å². The van der Waals surface area contributed by atoms with Gasteiger partial charge < -0.3 is 15.3 Å². The molecule has 0 aliphatic heterocycles. The number of aliphatic hydroxyl groups is 2. The summed E-state index contributed by atoms with van der Waals surface area (Å²) in [6.07, 6.45) is 15.5. The third-order valence-electron chi connectivity index (χ3n) is 4.86. The van der Waals surface area contributed by atoms with E-state index in [1.54, 1.807) is 0 Å². The lowest BCUT2D eigenvalue weighted by Crippen LogP contribution is -2.19. The van der Waals surface area contributed by atoms with E-state index in [4.69, 9.17) is 16.7 Å². The van der Waals surface area contributed by atoms with Crippen molar-refractivity contribution in [2.75, 3.05) is 5.88 Å². The van der Waals surface area contributed by atoms with Gasteiger partial charge in [0.15, 0.2) is 0 Å². The first-order valence-corrected chi connectivity index (χ1v) is 10.0. The Morgan fingerprint density at radius 3 is 2.40 bits per heavy atom. The molecule has 1 aliphatic rings. The number of unbranched alkanes of at least 4 members (excludes halogenated alkanes) is 5. The van der Waals surface area contributed by atoms with E-state index in [9.17, 15) is 15.0 Å². The van der Waals surface area contributed by atoms with Gasteiger partial charge in [-0.15, -0.1) is 11.6 Å². The number of halogens is 1. The first-order valence-electron chi connectivity index (χ1n) is 9.51. The van der Waals surface area contributed by atoms with Gasteiger partial charge in [-0.25, -0.2) is 0 Å². The molecule has 144 valence electrons. The molecule has 0 aromatic carbocycles. The Morgan fingerprint density at radius 2 is 1.68 bits per heavy atom. The number of hydrogen-bond donors (Lipinski definition) is 3. The number of carboxylic acids is 1. The molecule has 0 aromatic rings. The van der Waals surface area contributed by atoms with Crippen LogP contribution in [0.5, 0.6) is 0 Å². The van der Waals surface area contributed by atoms with Gasteiger partial charge in [0, 0.05) is 24.6 Å². The topological polar surface area (TPSA) is 77.8 Å². The number of rotatable bonds is 13. The highest BCUT2D eigenvalue weighted by Crippen LogP contribution is 2.36. The lowest BCUT2D eigenvalue weighted by molar-refractivity contribution is -0.137. The number of carboxylic acid groups (broad SMARTS) is 1. The van der Waals surface area contributed by atoms with Crippen LogP contribution in [0, 0.1) is 11.8 Å². The zero-order valence-electron chi connectivity index (χ0n) is 15.0. The lowest BCUT2D eigenvalue weighted by atomic mass is 9.89. The molecular formula is C20H33ClO4. The van der Waals surface area contributed by atoms with Crippen molar-refractivity contribution in [3.8, 4) is 0 Å². The molecule has 5 heteroatoms. The Bertz CT molecular complexity index is 422. The first kappa shape index (κ1) is 22.2. The molecule has 0 spiro atoms. The Kier molecular flexibility index (Phi) is 11.9. The van der Waals surface area contributed by atoms with Gasteiger partial charge in [-0.05, 0) is 44.4 Å². The van der Waals surface area contributed by atoms with E-state index in [-0.39, 0.29) is 18.3 Å². The SMILES string of the molecule is O=C(O)CCCC=CC[C@@H]1[C@@H](C=CCCCCCCCl)[C@H](O)C[C@@H]1O. The van der Waals surface area contributed by atoms with Crippen LogP contribution < -0.4 is 0 Å². The predicted molar refractivity (Wildman–Crippen MR) is 102 cm³/mol. The second-order valence-electron chi connectivity index (χ2n) is 6.92. The highest BCUT2D eigenvalue weighted by Gasteiger charge is 2.39. The average Bonchev–Trinajstić information content (AvgIpc) is 2.83. The van der Waals surface area contributed by atoms with Crippen LogP contribution in [-0.2, 0) is 4.79 Å². The second kappa shape index (κ2) is 13.4. The molecule has 0 saturated heterocycles. The lowest BCUT2D eigenvalue weighted by Gasteiger charge is -2.19. The quantitative estimate of drug-likeness (QED) is 0.256. The van der Waals surface area contributed by atoms with E-state index in [2.05, 4.69) is 12.2 Å². The third-order valence-corrected chi connectivity index (χ3v) is 5.13. The Hall–Kier alpha value is -0.840. The van der Waals surface area contributed by atoms with E-state index in [0.717, 1.165) is 44.4 Å². The summed E-state index contributed by atoms with van der Waals surface area (Å²) in [6.45, 7) is 0. The number of aliphatic carboxylic acids is 1. The molecule has 0 heterocycles. The fourth-order valence-electron chi connectivity index (χ4n) is 3.41. The zero-order chi connectivity index (χ0) is 18.5. The highest BCUT2D eigenvalue weighted by atomic mass is 35.5. The molecular weight excluding hydrogens is 340 g/mol. The normalized spacial score (nSPS) is 26.8. The molecule has 25 heavy (non-hydrogen) atoms. The van der Waals surface area contributed by atoms with Crippen molar-refractivity contribution in [3.63, 3.8) is 0 Å². The van der Waals surface area contributed by atoms with Crippen molar-refractivity contribution in [3.05, 3.63) is 24.3 Å². The van der Waals surface area contributed by atoms with Crippen molar-refractivity contribution in [1.29, 1.82) is 0 Å². The summed E-state index contributed by atoms with van der Waals surface area (Å²) in [6, 6.07) is 0. The molecule has 4 nitrogen and oxygen atoms in total. The van der Waals surface area contributed by atoms with E-state index in [1.165, 1.54) is 6.42 Å². The zero-order valence-corrected chi connectivity index (χ0v) is 15.8. The monoisotopic (exact) mass is 372 g/mol. The maximum Gasteiger partial charge on any atom is 0.303 e. The Morgan fingerprint density at radius 1 is 0.960 bits per heavy atom. The highest BCUT2D eigenvalue weighted by molar-refractivity contribution is 6.17. The minimum atomic E-state index is -0.768. The number of allylic oxidation sites excluding steroid dienone is 3. The number of hydrogen-bond acceptors (Lipinski definition) is 3. The Labute approximate surface area is 156 Å². The summed E-state index contributed by atoms with van der Waals surface area (Å²) in [5.41, 5.74) is 0. The van der Waals surface area contributed by atoms with Crippen LogP contribution in [-0.4, -0.2) is 39.4 Å². The molecule has 0 aromatic heterocycles. The molecule has 0 amide bonds. The van der Waals surface area contributed by atoms with Crippen LogP contribution in [0.25, 0.3) is 0 Å². The van der Waals surface area contributed by atoms with Crippen molar-refractivity contribution in [2.45, 2.75) is 76.4 Å². The summed E-state index contributed by atoms with van der Waals surface area (Å²) in [5.74, 6) is 0.00312. The molecule has 1 rings (SSSR count). The van der Waals surface area contributed by atoms with Gasteiger partial charge in [0.05, 0.1) is 12.2 Å². The van der Waals surface area contributed by atoms with Crippen LogP contribution in [0.3, 0.4) is 0 Å². The van der Waals surface area contributed by atoms with Crippen molar-refractivity contribution >= 4 is 17.6 Å². The molecule has 3 N–H and O–H groups in total. The summed E-state index contributed by atoms with van der Waals surface area (Å²) >= 11 is 5.66. The van der Waals surface area contributed by atoms with E-state index < -0.39 is 18.2 Å².